The molecule has 0 saturated heterocycles. The zero-order valence-electron chi connectivity index (χ0n) is 12.6. The predicted octanol–water partition coefficient (Wildman–Crippen LogP) is 3.48. The fourth-order valence-corrected chi connectivity index (χ4v) is 3.57. The van der Waals surface area contributed by atoms with Crippen molar-refractivity contribution in [2.75, 3.05) is 5.32 Å². The van der Waals surface area contributed by atoms with E-state index in [4.69, 9.17) is 5.26 Å². The monoisotopic (exact) mass is 370 g/mol. The van der Waals surface area contributed by atoms with Crippen LogP contribution >= 0.6 is 23.1 Å². The number of rotatable bonds is 6. The second kappa shape index (κ2) is 7.69. The van der Waals surface area contributed by atoms with Crippen LogP contribution in [0.2, 0.25) is 0 Å². The van der Waals surface area contributed by atoms with Gasteiger partial charge in [0.15, 0.2) is 4.34 Å². The summed E-state index contributed by atoms with van der Waals surface area (Å²) in [5.41, 5.74) is 0.596. The standard InChI is InChI=1S/C15H10N6O2S2/c16-8-11-12(21(22)23)6-7-13(18-11)24-15-20-19-14(25-15)17-9-10-4-2-1-3-5-10/h1-7H,9H2,(H,17,19). The van der Waals surface area contributed by atoms with E-state index in [2.05, 4.69) is 20.5 Å². The van der Waals surface area contributed by atoms with Crippen molar-refractivity contribution >= 4 is 33.9 Å². The molecule has 3 rings (SSSR count). The molecule has 0 aliphatic rings. The topological polar surface area (TPSA) is 118 Å². The smallest absolute Gasteiger partial charge is 0.305 e. The van der Waals surface area contributed by atoms with Crippen molar-refractivity contribution in [2.45, 2.75) is 15.9 Å². The lowest BCUT2D eigenvalue weighted by atomic mass is 10.2. The van der Waals surface area contributed by atoms with Crippen LogP contribution in [-0.2, 0) is 6.54 Å². The number of nitro groups is 1. The Bertz CT molecular complexity index is 939. The van der Waals surface area contributed by atoms with E-state index in [-0.39, 0.29) is 11.4 Å². The quantitative estimate of drug-likeness (QED) is 0.517. The first kappa shape index (κ1) is 16.8. The Morgan fingerprint density at radius 2 is 2.04 bits per heavy atom. The van der Waals surface area contributed by atoms with Gasteiger partial charge in [0, 0.05) is 12.6 Å². The Morgan fingerprint density at radius 3 is 2.76 bits per heavy atom. The summed E-state index contributed by atoms with van der Waals surface area (Å²) in [5.74, 6) is 0. The summed E-state index contributed by atoms with van der Waals surface area (Å²) in [6.45, 7) is 0.633. The van der Waals surface area contributed by atoms with E-state index >= 15 is 0 Å². The Kier molecular flexibility index (Phi) is 5.17. The van der Waals surface area contributed by atoms with E-state index in [0.717, 1.165) is 5.56 Å². The molecule has 0 aliphatic heterocycles. The second-order valence-corrected chi connectivity index (χ2v) is 6.95. The summed E-state index contributed by atoms with van der Waals surface area (Å²) in [7, 11) is 0. The van der Waals surface area contributed by atoms with E-state index in [1.807, 2.05) is 30.3 Å². The molecule has 2 heterocycles. The average molecular weight is 370 g/mol. The maximum Gasteiger partial charge on any atom is 0.305 e. The summed E-state index contributed by atoms with van der Waals surface area (Å²) in [6.07, 6.45) is 0. The molecule has 0 atom stereocenters. The minimum absolute atomic E-state index is 0.220. The van der Waals surface area contributed by atoms with Gasteiger partial charge >= 0.3 is 5.69 Å². The van der Waals surface area contributed by atoms with Gasteiger partial charge in [0.25, 0.3) is 0 Å². The van der Waals surface area contributed by atoms with E-state index in [9.17, 15) is 10.1 Å². The minimum Gasteiger partial charge on any atom is -0.356 e. The SMILES string of the molecule is N#Cc1nc(Sc2nnc(NCc3ccccc3)s2)ccc1[N+](=O)[O-]. The molecule has 0 aliphatic carbocycles. The third-order valence-corrected chi connectivity index (χ3v) is 4.90. The van der Waals surface area contributed by atoms with Gasteiger partial charge in [-0.05, 0) is 23.4 Å². The summed E-state index contributed by atoms with van der Waals surface area (Å²) in [4.78, 5) is 14.2. The number of aromatic nitrogens is 3. The average Bonchev–Trinajstić information content (AvgIpc) is 3.08. The van der Waals surface area contributed by atoms with Crippen molar-refractivity contribution in [3.8, 4) is 6.07 Å². The molecule has 1 aromatic carbocycles. The first-order valence-corrected chi connectivity index (χ1v) is 8.63. The molecule has 0 fully saturated rings. The number of hydrogen-bond acceptors (Lipinski definition) is 9. The highest BCUT2D eigenvalue weighted by Crippen LogP contribution is 2.32. The molecule has 0 radical (unpaired) electrons. The van der Waals surface area contributed by atoms with Gasteiger partial charge in [-0.1, -0.05) is 41.7 Å². The van der Waals surface area contributed by atoms with Crippen molar-refractivity contribution in [1.29, 1.82) is 5.26 Å². The molecule has 3 aromatic rings. The number of nitriles is 1. The molecule has 0 saturated carbocycles. The Hall–Kier alpha value is -3.03. The molecule has 0 spiro atoms. The minimum atomic E-state index is -0.628. The lowest BCUT2D eigenvalue weighted by molar-refractivity contribution is -0.385. The number of nitrogens with zero attached hydrogens (tertiary/aromatic N) is 5. The number of benzene rings is 1. The molecule has 0 bridgehead atoms. The van der Waals surface area contributed by atoms with E-state index in [1.165, 1.54) is 35.2 Å². The fourth-order valence-electron chi connectivity index (χ4n) is 1.91. The number of hydrogen-bond donors (Lipinski definition) is 1. The predicted molar refractivity (Wildman–Crippen MR) is 93.4 cm³/mol. The van der Waals surface area contributed by atoms with Gasteiger partial charge in [0.05, 0.1) is 4.92 Å². The van der Waals surface area contributed by atoms with Crippen LogP contribution in [0.1, 0.15) is 11.3 Å². The van der Waals surface area contributed by atoms with Crippen LogP contribution in [0.3, 0.4) is 0 Å². The maximum atomic E-state index is 10.8. The number of pyridine rings is 1. The molecular formula is C15H10N6O2S2. The summed E-state index contributed by atoms with van der Waals surface area (Å²) in [6, 6.07) is 14.4. The Balaban J connectivity index is 1.67. The molecular weight excluding hydrogens is 360 g/mol. The van der Waals surface area contributed by atoms with Crippen molar-refractivity contribution in [3.05, 3.63) is 63.8 Å². The summed E-state index contributed by atoms with van der Waals surface area (Å²) < 4.78 is 0.626. The molecule has 2 aromatic heterocycles. The maximum absolute atomic E-state index is 10.8. The lowest BCUT2D eigenvalue weighted by Gasteiger charge is -2.01. The number of nitrogens with one attached hydrogen (secondary N) is 1. The van der Waals surface area contributed by atoms with Crippen LogP contribution in [-0.4, -0.2) is 20.1 Å². The van der Waals surface area contributed by atoms with Crippen LogP contribution in [0.4, 0.5) is 10.8 Å². The van der Waals surface area contributed by atoms with E-state index in [1.54, 1.807) is 6.07 Å². The highest BCUT2D eigenvalue weighted by molar-refractivity contribution is 8.01. The fraction of sp³-hybridized carbons (Fsp3) is 0.0667. The lowest BCUT2D eigenvalue weighted by Crippen LogP contribution is -1.98. The molecule has 1 N–H and O–H groups in total. The van der Waals surface area contributed by atoms with Gasteiger partial charge in [0.1, 0.15) is 11.1 Å². The van der Waals surface area contributed by atoms with Crippen LogP contribution in [0.5, 0.6) is 0 Å². The molecule has 10 heteroatoms. The van der Waals surface area contributed by atoms with Crippen molar-refractivity contribution < 1.29 is 4.92 Å². The van der Waals surface area contributed by atoms with Gasteiger partial charge in [-0.2, -0.15) is 5.26 Å². The van der Waals surface area contributed by atoms with Gasteiger partial charge in [-0.3, -0.25) is 10.1 Å². The van der Waals surface area contributed by atoms with Crippen LogP contribution in [0, 0.1) is 21.4 Å². The van der Waals surface area contributed by atoms with Crippen LogP contribution in [0.25, 0.3) is 0 Å². The van der Waals surface area contributed by atoms with Gasteiger partial charge in [-0.15, -0.1) is 10.2 Å². The third kappa shape index (κ3) is 4.28. The largest absolute Gasteiger partial charge is 0.356 e. The summed E-state index contributed by atoms with van der Waals surface area (Å²) >= 11 is 2.54. The third-order valence-electron chi connectivity index (χ3n) is 3.04. The van der Waals surface area contributed by atoms with Crippen LogP contribution in [0.15, 0.2) is 51.8 Å². The molecule has 0 amide bonds. The highest BCUT2D eigenvalue weighted by atomic mass is 32.2. The highest BCUT2D eigenvalue weighted by Gasteiger charge is 2.16. The Labute approximate surface area is 150 Å². The van der Waals surface area contributed by atoms with Gasteiger partial charge in [-0.25, -0.2) is 4.98 Å². The van der Waals surface area contributed by atoms with Crippen molar-refractivity contribution in [1.82, 2.24) is 15.2 Å². The van der Waals surface area contributed by atoms with Gasteiger partial charge in [0.2, 0.25) is 10.8 Å². The Morgan fingerprint density at radius 1 is 1.24 bits per heavy atom. The van der Waals surface area contributed by atoms with Crippen LogP contribution < -0.4 is 5.32 Å². The normalized spacial score (nSPS) is 10.2. The first-order valence-electron chi connectivity index (χ1n) is 7.00. The van der Waals surface area contributed by atoms with E-state index in [0.29, 0.717) is 21.0 Å². The molecule has 124 valence electrons. The molecule has 8 nitrogen and oxygen atoms in total. The van der Waals surface area contributed by atoms with Gasteiger partial charge < -0.3 is 5.32 Å². The van der Waals surface area contributed by atoms with Crippen molar-refractivity contribution in [3.63, 3.8) is 0 Å². The molecule has 25 heavy (non-hydrogen) atoms. The zero-order valence-corrected chi connectivity index (χ0v) is 14.3. The van der Waals surface area contributed by atoms with Crippen molar-refractivity contribution in [2.24, 2.45) is 0 Å². The second-order valence-electron chi connectivity index (χ2n) is 4.70. The first-order chi connectivity index (χ1) is 12.2. The number of anilines is 1. The summed E-state index contributed by atoms with van der Waals surface area (Å²) in [5, 5.41) is 32.2. The van der Waals surface area contributed by atoms with E-state index < -0.39 is 4.92 Å². The molecule has 0 unspecified atom stereocenters. The zero-order chi connectivity index (χ0) is 17.6.